The van der Waals surface area contributed by atoms with Crippen LogP contribution in [-0.4, -0.2) is 52.3 Å². The minimum atomic E-state index is -4.91. The Balaban J connectivity index is 1.81. The number of pyridine rings is 1. The van der Waals surface area contributed by atoms with E-state index in [2.05, 4.69) is 36.1 Å². The first kappa shape index (κ1) is 31.4. The first-order chi connectivity index (χ1) is 19.8. The van der Waals surface area contributed by atoms with Gasteiger partial charge in [0.15, 0.2) is 5.82 Å². The highest BCUT2D eigenvalue weighted by molar-refractivity contribution is 6.31. The number of halogens is 7. The van der Waals surface area contributed by atoms with Gasteiger partial charge < -0.3 is 10.6 Å². The van der Waals surface area contributed by atoms with Crippen molar-refractivity contribution >= 4 is 29.1 Å². The number of anilines is 1. The predicted molar refractivity (Wildman–Crippen MR) is 140 cm³/mol. The third kappa shape index (κ3) is 7.28. The number of nitrogens with zero attached hydrogens (tertiary/aromatic N) is 7. The molecule has 228 valence electrons. The molecule has 0 saturated heterocycles. The number of nitrogens with one attached hydrogen (secondary N) is 2. The van der Waals surface area contributed by atoms with Crippen molar-refractivity contribution in [2.24, 2.45) is 0 Å². The van der Waals surface area contributed by atoms with Crippen molar-refractivity contribution < 1.29 is 35.9 Å². The van der Waals surface area contributed by atoms with Gasteiger partial charge in [0.05, 0.1) is 16.9 Å². The van der Waals surface area contributed by atoms with E-state index in [9.17, 15) is 35.9 Å². The van der Waals surface area contributed by atoms with E-state index in [1.807, 2.05) is 0 Å². The number of aromatic nitrogens is 7. The molecule has 43 heavy (non-hydrogen) atoms. The van der Waals surface area contributed by atoms with E-state index in [4.69, 9.17) is 11.6 Å². The number of rotatable bonds is 6. The van der Waals surface area contributed by atoms with Gasteiger partial charge in [-0.15, -0.1) is 10.2 Å². The molecule has 3 heterocycles. The monoisotopic (exact) mass is 629 g/mol. The summed E-state index contributed by atoms with van der Waals surface area (Å²) >= 11 is 6.16. The molecule has 4 aromatic rings. The standard InChI is InChI=1S/C25H22ClF6N9O2/c1-12-8-13(26)9-15(20(42)35-23(2,3)4)18(12)34-21(43)17-10-14(11-40-38-22(36-39-40)25(30,31)32)37-41(17)19-16(24(27,28)29)6-5-7-33-19/h5-10H,11H2,1-4H3,(H,34,43)(H,35,42). The van der Waals surface area contributed by atoms with Crippen molar-refractivity contribution in [3.05, 3.63) is 75.5 Å². The fraction of sp³-hybridized carbons (Fsp3) is 0.320. The largest absolute Gasteiger partial charge is 0.455 e. The van der Waals surface area contributed by atoms with Crippen LogP contribution in [-0.2, 0) is 18.9 Å². The summed E-state index contributed by atoms with van der Waals surface area (Å²) in [5.41, 5.74) is -2.27. The lowest BCUT2D eigenvalue weighted by molar-refractivity contribution is -0.145. The zero-order valence-corrected chi connectivity index (χ0v) is 23.5. The molecular weight excluding hydrogens is 608 g/mol. The Bertz CT molecular complexity index is 1690. The summed E-state index contributed by atoms with van der Waals surface area (Å²) in [6.45, 7) is 6.14. The van der Waals surface area contributed by atoms with Gasteiger partial charge in [-0.1, -0.05) is 11.6 Å². The van der Waals surface area contributed by atoms with E-state index >= 15 is 0 Å². The fourth-order valence-electron chi connectivity index (χ4n) is 3.86. The summed E-state index contributed by atoms with van der Waals surface area (Å²) < 4.78 is 81.0. The van der Waals surface area contributed by atoms with E-state index in [0.717, 1.165) is 24.4 Å². The molecule has 11 nitrogen and oxygen atoms in total. The number of carbonyl (C=O) groups excluding carboxylic acids is 2. The second-order valence-electron chi connectivity index (χ2n) is 10.2. The van der Waals surface area contributed by atoms with Crippen molar-refractivity contribution in [3.63, 3.8) is 0 Å². The van der Waals surface area contributed by atoms with Crippen molar-refractivity contribution in [1.29, 1.82) is 0 Å². The van der Waals surface area contributed by atoms with Crippen LogP contribution in [0.25, 0.3) is 5.82 Å². The van der Waals surface area contributed by atoms with Gasteiger partial charge in [-0.3, -0.25) is 9.59 Å². The maximum absolute atomic E-state index is 13.9. The zero-order valence-electron chi connectivity index (χ0n) is 22.8. The lowest BCUT2D eigenvalue weighted by atomic mass is 10.0. The zero-order chi connectivity index (χ0) is 31.9. The average molecular weight is 630 g/mol. The number of aryl methyl sites for hydroxylation is 1. The van der Waals surface area contributed by atoms with Crippen LogP contribution in [0.2, 0.25) is 5.02 Å². The summed E-state index contributed by atoms with van der Waals surface area (Å²) in [7, 11) is 0. The lowest BCUT2D eigenvalue weighted by Gasteiger charge is -2.22. The SMILES string of the molecule is Cc1cc(Cl)cc(C(=O)NC(C)(C)C)c1NC(=O)c1cc(Cn2nnc(C(F)(F)F)n2)nn1-c1ncccc1C(F)(F)F. The van der Waals surface area contributed by atoms with Crippen LogP contribution in [0.5, 0.6) is 0 Å². The summed E-state index contributed by atoms with van der Waals surface area (Å²) in [5, 5.41) is 18.9. The van der Waals surface area contributed by atoms with Crippen LogP contribution in [0.15, 0.2) is 36.5 Å². The Morgan fingerprint density at radius 3 is 2.28 bits per heavy atom. The summed E-state index contributed by atoms with van der Waals surface area (Å²) in [4.78, 5) is 30.9. The van der Waals surface area contributed by atoms with Crippen LogP contribution >= 0.6 is 11.6 Å². The lowest BCUT2D eigenvalue weighted by Crippen LogP contribution is -2.41. The van der Waals surface area contributed by atoms with Crippen LogP contribution in [0.4, 0.5) is 32.0 Å². The van der Waals surface area contributed by atoms with Crippen LogP contribution in [0.1, 0.15) is 64.3 Å². The highest BCUT2D eigenvalue weighted by atomic mass is 35.5. The minimum Gasteiger partial charge on any atom is -0.347 e. The van der Waals surface area contributed by atoms with Gasteiger partial charge in [0.2, 0.25) is 0 Å². The quantitative estimate of drug-likeness (QED) is 0.284. The number of hydrogen-bond acceptors (Lipinski definition) is 7. The summed E-state index contributed by atoms with van der Waals surface area (Å²) in [6, 6.07) is 5.55. The first-order valence-corrected chi connectivity index (χ1v) is 12.6. The first-order valence-electron chi connectivity index (χ1n) is 12.2. The molecule has 0 aliphatic rings. The molecular formula is C25H22ClF6N9O2. The van der Waals surface area contributed by atoms with E-state index in [1.54, 1.807) is 27.7 Å². The molecule has 2 N–H and O–H groups in total. The molecule has 0 aliphatic carbocycles. The molecule has 0 spiro atoms. The van der Waals surface area contributed by atoms with Crippen molar-refractivity contribution in [3.8, 4) is 5.82 Å². The van der Waals surface area contributed by atoms with Crippen molar-refractivity contribution in [1.82, 2.24) is 40.3 Å². The normalized spacial score (nSPS) is 12.3. The third-order valence-corrected chi connectivity index (χ3v) is 5.79. The maximum atomic E-state index is 13.9. The van der Waals surface area contributed by atoms with Crippen molar-refractivity contribution in [2.75, 3.05) is 5.32 Å². The second-order valence-corrected chi connectivity index (χ2v) is 10.7. The van der Waals surface area contributed by atoms with Crippen LogP contribution in [0, 0.1) is 6.92 Å². The van der Waals surface area contributed by atoms with Gasteiger partial charge >= 0.3 is 12.4 Å². The van der Waals surface area contributed by atoms with Gasteiger partial charge in [0, 0.05) is 16.8 Å². The second kappa shape index (κ2) is 11.3. The maximum Gasteiger partial charge on any atom is 0.455 e. The molecule has 4 rings (SSSR count). The fourth-order valence-corrected chi connectivity index (χ4v) is 4.13. The molecule has 0 bridgehead atoms. The Kier molecular flexibility index (Phi) is 8.23. The van der Waals surface area contributed by atoms with Crippen molar-refractivity contribution in [2.45, 2.75) is 52.1 Å². The smallest absolute Gasteiger partial charge is 0.347 e. The van der Waals surface area contributed by atoms with E-state index < -0.39 is 59.2 Å². The van der Waals surface area contributed by atoms with E-state index in [0.29, 0.717) is 15.0 Å². The van der Waals surface area contributed by atoms with Gasteiger partial charge in [-0.2, -0.15) is 36.2 Å². The Morgan fingerprint density at radius 1 is 0.977 bits per heavy atom. The molecule has 0 atom stereocenters. The number of amides is 2. The Hall–Kier alpha value is -4.54. The van der Waals surface area contributed by atoms with Crippen LogP contribution in [0.3, 0.4) is 0 Å². The van der Waals surface area contributed by atoms with E-state index in [1.165, 1.54) is 12.1 Å². The number of carbonyl (C=O) groups is 2. The van der Waals surface area contributed by atoms with Gasteiger partial charge in [0.1, 0.15) is 17.8 Å². The third-order valence-electron chi connectivity index (χ3n) is 5.57. The molecule has 2 amide bonds. The number of benzene rings is 1. The topological polar surface area (TPSA) is 133 Å². The minimum absolute atomic E-state index is 0.00952. The molecule has 18 heteroatoms. The molecule has 0 radical (unpaired) electrons. The average Bonchev–Trinajstić information content (AvgIpc) is 3.51. The number of alkyl halides is 6. The molecule has 1 aromatic carbocycles. The summed E-state index contributed by atoms with van der Waals surface area (Å²) in [6.07, 6.45) is -8.77. The molecule has 0 aliphatic heterocycles. The number of hydrogen-bond donors (Lipinski definition) is 2. The number of tetrazole rings is 1. The van der Waals surface area contributed by atoms with E-state index in [-0.39, 0.29) is 22.0 Å². The Labute approximate surface area is 244 Å². The molecule has 0 unspecified atom stereocenters. The molecule has 0 fully saturated rings. The van der Waals surface area contributed by atoms with Gasteiger partial charge in [-0.25, -0.2) is 9.67 Å². The summed E-state index contributed by atoms with van der Waals surface area (Å²) in [5.74, 6) is -3.94. The molecule has 3 aromatic heterocycles. The highest BCUT2D eigenvalue weighted by Crippen LogP contribution is 2.34. The van der Waals surface area contributed by atoms with Gasteiger partial charge in [0.25, 0.3) is 17.6 Å². The molecule has 0 saturated carbocycles. The van der Waals surface area contributed by atoms with Crippen LogP contribution < -0.4 is 10.6 Å². The highest BCUT2D eigenvalue weighted by Gasteiger charge is 2.38. The predicted octanol–water partition coefficient (Wildman–Crippen LogP) is 5.08. The van der Waals surface area contributed by atoms with Gasteiger partial charge in [-0.05, 0) is 68.8 Å². The Morgan fingerprint density at radius 2 is 1.67 bits per heavy atom.